The largest absolute Gasteiger partial charge is 0.347 e. The van der Waals surface area contributed by atoms with E-state index in [4.69, 9.17) is 4.98 Å². The third kappa shape index (κ3) is 3.17. The molecule has 0 radical (unpaired) electrons. The molecule has 1 aliphatic rings. The molecule has 0 amide bonds. The van der Waals surface area contributed by atoms with Crippen LogP contribution < -0.4 is 15.9 Å². The number of rotatable bonds is 3. The maximum absolute atomic E-state index is 13.8. The minimum absolute atomic E-state index is 0.0523. The van der Waals surface area contributed by atoms with Gasteiger partial charge in [-0.25, -0.2) is 23.7 Å². The summed E-state index contributed by atoms with van der Waals surface area (Å²) in [4.78, 5) is 26.4. The number of anilines is 1. The topological polar surface area (TPSA) is 78.8 Å². The normalized spacial score (nSPS) is 17.0. The second-order valence-electron chi connectivity index (χ2n) is 6.96. The van der Waals surface area contributed by atoms with E-state index in [0.29, 0.717) is 23.5 Å². The summed E-state index contributed by atoms with van der Waals surface area (Å²) in [6, 6.07) is 15.8. The molecule has 3 aromatic heterocycles. The zero-order chi connectivity index (χ0) is 19.8. The average Bonchev–Trinajstić information content (AvgIpc) is 3.09. The van der Waals surface area contributed by atoms with Crippen molar-refractivity contribution in [3.05, 3.63) is 82.7 Å². The third-order valence-electron chi connectivity index (χ3n) is 5.18. The summed E-state index contributed by atoms with van der Waals surface area (Å²) in [5, 5.41) is 3.37. The summed E-state index contributed by atoms with van der Waals surface area (Å²) < 4.78 is 15.3. The lowest BCUT2D eigenvalue weighted by molar-refractivity contribution is 0.484. The van der Waals surface area contributed by atoms with Crippen LogP contribution >= 0.6 is 0 Å². The van der Waals surface area contributed by atoms with Gasteiger partial charge in [-0.05, 0) is 42.0 Å². The van der Waals surface area contributed by atoms with Gasteiger partial charge in [0.15, 0.2) is 5.65 Å². The van der Waals surface area contributed by atoms with E-state index in [0.717, 1.165) is 24.5 Å². The molecule has 8 heteroatoms. The minimum Gasteiger partial charge on any atom is -0.347 e. The fourth-order valence-corrected chi connectivity index (χ4v) is 3.85. The van der Waals surface area contributed by atoms with Gasteiger partial charge in [0.2, 0.25) is 0 Å². The summed E-state index contributed by atoms with van der Waals surface area (Å²) >= 11 is 0. The Labute approximate surface area is 165 Å². The smallest absolute Gasteiger partial charge is 0.333 e. The van der Waals surface area contributed by atoms with Gasteiger partial charge in [-0.2, -0.15) is 0 Å². The van der Waals surface area contributed by atoms with Crippen molar-refractivity contribution in [2.75, 3.05) is 24.5 Å². The molecule has 1 saturated heterocycles. The summed E-state index contributed by atoms with van der Waals surface area (Å²) in [6.07, 6.45) is 1.64. The first-order valence-corrected chi connectivity index (χ1v) is 9.47. The highest BCUT2D eigenvalue weighted by molar-refractivity contribution is 5.72. The van der Waals surface area contributed by atoms with E-state index in [2.05, 4.69) is 20.2 Å². The molecule has 5 rings (SSSR count). The van der Waals surface area contributed by atoms with E-state index in [-0.39, 0.29) is 17.5 Å². The second kappa shape index (κ2) is 7.14. The highest BCUT2D eigenvalue weighted by atomic mass is 19.1. The molecule has 146 valence electrons. The van der Waals surface area contributed by atoms with Crippen molar-refractivity contribution in [3.8, 4) is 5.82 Å². The Morgan fingerprint density at radius 3 is 2.83 bits per heavy atom. The van der Waals surface area contributed by atoms with Crippen LogP contribution in [0.15, 0.2) is 65.6 Å². The Kier molecular flexibility index (Phi) is 4.33. The van der Waals surface area contributed by atoms with E-state index in [1.54, 1.807) is 30.5 Å². The number of aromatic nitrogens is 4. The summed E-state index contributed by atoms with van der Waals surface area (Å²) in [7, 11) is 0. The molecular weight excluding hydrogens is 371 g/mol. The minimum atomic E-state index is -0.287. The zero-order valence-electron chi connectivity index (χ0n) is 15.5. The van der Waals surface area contributed by atoms with Crippen LogP contribution in [0, 0.1) is 5.82 Å². The predicted octanol–water partition coefficient (Wildman–Crippen LogP) is 2.40. The van der Waals surface area contributed by atoms with Gasteiger partial charge in [0.05, 0.1) is 11.6 Å². The molecule has 0 aliphatic carbocycles. The first-order chi connectivity index (χ1) is 14.2. The molecule has 1 fully saturated rings. The van der Waals surface area contributed by atoms with Gasteiger partial charge in [0, 0.05) is 25.8 Å². The molecule has 1 aromatic carbocycles. The first kappa shape index (κ1) is 17.6. The predicted molar refractivity (Wildman–Crippen MR) is 109 cm³/mol. The molecule has 7 nitrogen and oxygen atoms in total. The van der Waals surface area contributed by atoms with E-state index in [9.17, 15) is 9.18 Å². The monoisotopic (exact) mass is 390 g/mol. The Morgan fingerprint density at radius 1 is 1.07 bits per heavy atom. The summed E-state index contributed by atoms with van der Waals surface area (Å²) in [6.45, 7) is 2.21. The number of aromatic amines is 1. The van der Waals surface area contributed by atoms with Crippen LogP contribution in [0.2, 0.25) is 0 Å². The van der Waals surface area contributed by atoms with Crippen LogP contribution in [0.5, 0.6) is 0 Å². The molecule has 0 bridgehead atoms. The Balaban J connectivity index is 1.58. The molecule has 1 atom stereocenters. The van der Waals surface area contributed by atoms with Gasteiger partial charge in [0.1, 0.15) is 17.5 Å². The van der Waals surface area contributed by atoms with E-state index in [1.807, 2.05) is 24.3 Å². The van der Waals surface area contributed by atoms with Crippen LogP contribution in [0.4, 0.5) is 10.2 Å². The van der Waals surface area contributed by atoms with Crippen molar-refractivity contribution in [1.82, 2.24) is 24.8 Å². The van der Waals surface area contributed by atoms with Crippen LogP contribution in [0.1, 0.15) is 11.6 Å². The van der Waals surface area contributed by atoms with E-state index < -0.39 is 0 Å². The van der Waals surface area contributed by atoms with E-state index in [1.165, 1.54) is 10.6 Å². The van der Waals surface area contributed by atoms with Crippen molar-refractivity contribution in [3.63, 3.8) is 0 Å². The maximum Gasteiger partial charge on any atom is 0.333 e. The Morgan fingerprint density at radius 2 is 1.93 bits per heavy atom. The van der Waals surface area contributed by atoms with Crippen LogP contribution in [-0.4, -0.2) is 39.2 Å². The number of benzene rings is 1. The van der Waals surface area contributed by atoms with Gasteiger partial charge >= 0.3 is 5.69 Å². The molecule has 4 heterocycles. The Bertz CT molecular complexity index is 1230. The SMILES string of the molecule is O=c1[nH]c2ncccc2n1-c1cccc(N2CCNC[C@H]2c2cccc(F)c2)n1. The molecule has 2 N–H and O–H groups in total. The molecule has 4 aromatic rings. The molecule has 1 aliphatic heterocycles. The van der Waals surface area contributed by atoms with Crippen molar-refractivity contribution in [1.29, 1.82) is 0 Å². The van der Waals surface area contributed by atoms with Gasteiger partial charge in [-0.3, -0.25) is 4.98 Å². The van der Waals surface area contributed by atoms with Crippen molar-refractivity contribution in [2.45, 2.75) is 6.04 Å². The number of nitrogens with zero attached hydrogens (tertiary/aromatic N) is 4. The van der Waals surface area contributed by atoms with Gasteiger partial charge < -0.3 is 10.2 Å². The number of piperazine rings is 1. The second-order valence-corrected chi connectivity index (χ2v) is 6.96. The lowest BCUT2D eigenvalue weighted by atomic mass is 10.0. The van der Waals surface area contributed by atoms with Crippen LogP contribution in [0.3, 0.4) is 0 Å². The number of hydrogen-bond donors (Lipinski definition) is 2. The fourth-order valence-electron chi connectivity index (χ4n) is 3.85. The van der Waals surface area contributed by atoms with Crippen molar-refractivity contribution >= 4 is 17.0 Å². The first-order valence-electron chi connectivity index (χ1n) is 9.47. The highest BCUT2D eigenvalue weighted by Crippen LogP contribution is 2.28. The third-order valence-corrected chi connectivity index (χ3v) is 5.18. The number of hydrogen-bond acceptors (Lipinski definition) is 5. The number of halogens is 1. The number of imidazole rings is 1. The average molecular weight is 390 g/mol. The van der Waals surface area contributed by atoms with Crippen LogP contribution in [-0.2, 0) is 0 Å². The quantitative estimate of drug-likeness (QED) is 0.562. The Hall–Kier alpha value is -3.52. The van der Waals surface area contributed by atoms with Crippen LogP contribution in [0.25, 0.3) is 17.0 Å². The van der Waals surface area contributed by atoms with Gasteiger partial charge in [0.25, 0.3) is 0 Å². The molecule has 0 saturated carbocycles. The molecular formula is C21H19FN6O. The summed E-state index contributed by atoms with van der Waals surface area (Å²) in [5.74, 6) is 0.999. The van der Waals surface area contributed by atoms with Gasteiger partial charge in [-0.15, -0.1) is 0 Å². The number of pyridine rings is 2. The zero-order valence-corrected chi connectivity index (χ0v) is 15.5. The lowest BCUT2D eigenvalue weighted by Crippen LogP contribution is -2.46. The van der Waals surface area contributed by atoms with Crippen molar-refractivity contribution < 1.29 is 4.39 Å². The summed E-state index contributed by atoms with van der Waals surface area (Å²) in [5.41, 5.74) is 1.79. The molecule has 29 heavy (non-hydrogen) atoms. The number of fused-ring (bicyclic) bond motifs is 1. The standard InChI is InChI=1S/C21H19FN6O/c22-15-5-1-4-14(12-15)17-13-23-10-11-27(17)18-7-2-8-19(25-18)28-16-6-3-9-24-20(16)26-21(28)29/h1-9,12,17,23H,10-11,13H2,(H,24,26,29)/t17-/m0/s1. The fraction of sp³-hybridized carbons (Fsp3) is 0.190. The number of nitrogens with one attached hydrogen (secondary N) is 2. The highest BCUT2D eigenvalue weighted by Gasteiger charge is 2.25. The van der Waals surface area contributed by atoms with Crippen molar-refractivity contribution in [2.24, 2.45) is 0 Å². The maximum atomic E-state index is 13.8. The number of H-pyrrole nitrogens is 1. The molecule has 0 spiro atoms. The lowest BCUT2D eigenvalue weighted by Gasteiger charge is -2.37. The molecule has 0 unspecified atom stereocenters. The van der Waals surface area contributed by atoms with Gasteiger partial charge in [-0.1, -0.05) is 18.2 Å². The van der Waals surface area contributed by atoms with E-state index >= 15 is 0 Å².